The first-order valence-electron chi connectivity index (χ1n) is 11.6. The number of carbonyl (C=O) groups excluding carboxylic acids is 2. The van der Waals surface area contributed by atoms with Gasteiger partial charge in [0.25, 0.3) is 5.91 Å². The highest BCUT2D eigenvalue weighted by Crippen LogP contribution is 2.35. The van der Waals surface area contributed by atoms with Crippen LogP contribution < -0.4 is 10.2 Å². The van der Waals surface area contributed by atoms with Crippen LogP contribution in [0.2, 0.25) is 0 Å². The molecule has 196 valence electrons. The van der Waals surface area contributed by atoms with Crippen molar-refractivity contribution >= 4 is 28.8 Å². The van der Waals surface area contributed by atoms with Crippen LogP contribution in [-0.4, -0.2) is 38.1 Å². The third kappa shape index (κ3) is 5.72. The summed E-state index contributed by atoms with van der Waals surface area (Å²) in [5.74, 6) is -1.66. The predicted octanol–water partition coefficient (Wildman–Crippen LogP) is 4.61. The molecule has 2 aromatic heterocycles. The molecule has 0 radical (unpaired) electrons. The largest absolute Gasteiger partial charge is 0.416 e. The van der Waals surface area contributed by atoms with Crippen LogP contribution in [0.25, 0.3) is 10.7 Å². The lowest BCUT2D eigenvalue weighted by molar-refractivity contribution is -0.137. The van der Waals surface area contributed by atoms with Gasteiger partial charge in [-0.1, -0.05) is 24.3 Å². The second-order valence-corrected chi connectivity index (χ2v) is 9.62. The van der Waals surface area contributed by atoms with Gasteiger partial charge in [0.1, 0.15) is 18.4 Å². The fourth-order valence-corrected chi connectivity index (χ4v) is 4.50. The quantitative estimate of drug-likeness (QED) is 0.327. The third-order valence-corrected chi connectivity index (χ3v) is 6.67. The van der Waals surface area contributed by atoms with Crippen molar-refractivity contribution in [3.8, 4) is 10.7 Å². The zero-order chi connectivity index (χ0) is 26.9. The highest BCUT2D eigenvalue weighted by molar-refractivity contribution is 7.13. The van der Waals surface area contributed by atoms with E-state index in [0.29, 0.717) is 4.88 Å². The molecule has 2 amide bonds. The van der Waals surface area contributed by atoms with Crippen molar-refractivity contribution in [2.24, 2.45) is 0 Å². The molecule has 1 fully saturated rings. The maximum absolute atomic E-state index is 13.7. The minimum absolute atomic E-state index is 0.103. The number of nitrogens with one attached hydrogen (secondary N) is 1. The summed E-state index contributed by atoms with van der Waals surface area (Å²) < 4.78 is 54.4. The number of aromatic nitrogens is 4. The Morgan fingerprint density at radius 2 is 1.87 bits per heavy atom. The number of benzene rings is 2. The van der Waals surface area contributed by atoms with Crippen LogP contribution in [0.4, 0.5) is 23.2 Å². The summed E-state index contributed by atoms with van der Waals surface area (Å²) in [4.78, 5) is 29.8. The van der Waals surface area contributed by atoms with Crippen LogP contribution in [0.5, 0.6) is 0 Å². The zero-order valence-corrected chi connectivity index (χ0v) is 20.4. The maximum Gasteiger partial charge on any atom is 0.416 e. The fraction of sp³-hybridized carbons (Fsp3) is 0.240. The molecular formula is C25H20F4N6O2S. The summed E-state index contributed by atoms with van der Waals surface area (Å²) in [6, 6.07) is 11.1. The molecule has 0 saturated heterocycles. The Kier molecular flexibility index (Phi) is 6.93. The molecular weight excluding hydrogens is 524 g/mol. The van der Waals surface area contributed by atoms with Gasteiger partial charge in [-0.05, 0) is 65.4 Å². The summed E-state index contributed by atoms with van der Waals surface area (Å²) in [5, 5.41) is 16.7. The lowest BCUT2D eigenvalue weighted by Crippen LogP contribution is -2.46. The maximum atomic E-state index is 13.7. The van der Waals surface area contributed by atoms with Crippen molar-refractivity contribution in [3.05, 3.63) is 83.0 Å². The summed E-state index contributed by atoms with van der Waals surface area (Å²) in [7, 11) is 0. The van der Waals surface area contributed by atoms with E-state index < -0.39 is 42.0 Å². The summed E-state index contributed by atoms with van der Waals surface area (Å²) in [5.41, 5.74) is -0.933. The molecule has 2 aromatic carbocycles. The number of carbonyl (C=O) groups is 2. The number of hydrogen-bond acceptors (Lipinski definition) is 6. The Balaban J connectivity index is 1.56. The van der Waals surface area contributed by atoms with Gasteiger partial charge in [-0.15, -0.1) is 21.5 Å². The molecule has 0 bridgehead atoms. The van der Waals surface area contributed by atoms with Gasteiger partial charge in [0.15, 0.2) is 0 Å². The van der Waals surface area contributed by atoms with Crippen LogP contribution in [-0.2, 0) is 22.3 Å². The first-order valence-corrected chi connectivity index (χ1v) is 12.4. The minimum Gasteiger partial charge on any atom is -0.351 e. The van der Waals surface area contributed by atoms with Crippen LogP contribution in [0.15, 0.2) is 66.0 Å². The van der Waals surface area contributed by atoms with Gasteiger partial charge in [-0.25, -0.2) is 4.39 Å². The van der Waals surface area contributed by atoms with Crippen molar-refractivity contribution in [2.45, 2.75) is 37.6 Å². The Bertz CT molecular complexity index is 1430. The Morgan fingerprint density at radius 3 is 2.53 bits per heavy atom. The van der Waals surface area contributed by atoms with E-state index in [0.717, 1.165) is 52.9 Å². The molecule has 8 nitrogen and oxygen atoms in total. The molecule has 0 aliphatic heterocycles. The van der Waals surface area contributed by atoms with Gasteiger partial charge in [0, 0.05) is 11.7 Å². The second-order valence-electron chi connectivity index (χ2n) is 8.67. The Morgan fingerprint density at radius 1 is 1.11 bits per heavy atom. The van der Waals surface area contributed by atoms with E-state index in [9.17, 15) is 27.2 Å². The summed E-state index contributed by atoms with van der Waals surface area (Å²) in [6.45, 7) is -0.511. The average Bonchev–Trinajstić information content (AvgIpc) is 3.32. The van der Waals surface area contributed by atoms with Gasteiger partial charge in [0.05, 0.1) is 10.4 Å². The summed E-state index contributed by atoms with van der Waals surface area (Å²) >= 11 is 1.37. The number of halogens is 4. The monoisotopic (exact) mass is 544 g/mol. The number of rotatable bonds is 8. The van der Waals surface area contributed by atoms with Crippen LogP contribution in [0.3, 0.4) is 0 Å². The zero-order valence-electron chi connectivity index (χ0n) is 19.6. The van der Waals surface area contributed by atoms with E-state index >= 15 is 0 Å². The predicted molar refractivity (Wildman–Crippen MR) is 130 cm³/mol. The van der Waals surface area contributed by atoms with Gasteiger partial charge >= 0.3 is 6.18 Å². The fourth-order valence-electron chi connectivity index (χ4n) is 3.85. The lowest BCUT2D eigenvalue weighted by atomic mass is 10.0. The summed E-state index contributed by atoms with van der Waals surface area (Å²) in [6.07, 6.45) is -3.20. The molecule has 38 heavy (non-hydrogen) atoms. The van der Waals surface area contributed by atoms with Crippen molar-refractivity contribution < 1.29 is 27.2 Å². The minimum atomic E-state index is -4.69. The van der Waals surface area contributed by atoms with E-state index in [2.05, 4.69) is 20.7 Å². The van der Waals surface area contributed by atoms with Crippen molar-refractivity contribution in [3.63, 3.8) is 0 Å². The number of anilines is 1. The normalized spacial score (nSPS) is 14.2. The lowest BCUT2D eigenvalue weighted by Gasteiger charge is -2.32. The van der Waals surface area contributed by atoms with E-state index in [-0.39, 0.29) is 23.1 Å². The highest BCUT2D eigenvalue weighted by atomic mass is 32.1. The van der Waals surface area contributed by atoms with E-state index in [1.165, 1.54) is 29.5 Å². The van der Waals surface area contributed by atoms with Crippen molar-refractivity contribution in [2.75, 3.05) is 4.90 Å². The molecule has 1 atom stereocenters. The number of alkyl halides is 3. The first-order chi connectivity index (χ1) is 18.2. The van der Waals surface area contributed by atoms with Gasteiger partial charge in [-0.2, -0.15) is 18.0 Å². The molecule has 5 rings (SSSR count). The Labute approximate surface area is 217 Å². The van der Waals surface area contributed by atoms with E-state index in [4.69, 9.17) is 0 Å². The number of amides is 2. The van der Waals surface area contributed by atoms with Gasteiger partial charge in [-0.3, -0.25) is 14.5 Å². The molecule has 0 unspecified atom stereocenters. The molecule has 1 aliphatic rings. The molecule has 0 spiro atoms. The third-order valence-electron chi connectivity index (χ3n) is 5.81. The molecule has 1 N–H and O–H groups in total. The molecule has 1 aliphatic carbocycles. The van der Waals surface area contributed by atoms with Crippen molar-refractivity contribution in [1.29, 1.82) is 0 Å². The number of hydrogen-bond donors (Lipinski definition) is 1. The van der Waals surface area contributed by atoms with E-state index in [1.807, 2.05) is 5.38 Å². The van der Waals surface area contributed by atoms with Crippen LogP contribution in [0.1, 0.15) is 30.0 Å². The molecule has 2 heterocycles. The molecule has 4 aromatic rings. The number of tetrazole rings is 1. The van der Waals surface area contributed by atoms with Crippen LogP contribution >= 0.6 is 11.3 Å². The standard InChI is InChI=1S/C25H20F4N6O2S/c26-17-8-6-15(7-9-17)22(24(37)30-18-10-11-18)35(19-4-1-3-16(13-19)25(27,28)29)21(36)14-34-32-23(31-33-34)20-5-2-12-38-20/h1-9,12-13,18,22H,10-11,14H2,(H,30,37)/t22-/m0/s1. The van der Waals surface area contributed by atoms with E-state index in [1.54, 1.807) is 12.1 Å². The van der Waals surface area contributed by atoms with Crippen molar-refractivity contribution in [1.82, 2.24) is 25.5 Å². The first kappa shape index (κ1) is 25.5. The topological polar surface area (TPSA) is 93.0 Å². The SMILES string of the molecule is O=C(NC1CC1)[C@H](c1ccc(F)cc1)N(C(=O)Cn1nnc(-c2cccs2)n1)c1cccc(C(F)(F)F)c1. The highest BCUT2D eigenvalue weighted by Gasteiger charge is 2.37. The Hall–Kier alpha value is -4.13. The molecule has 1 saturated carbocycles. The van der Waals surface area contributed by atoms with Gasteiger partial charge < -0.3 is 5.32 Å². The molecule has 13 heteroatoms. The number of nitrogens with zero attached hydrogens (tertiary/aromatic N) is 5. The number of thiophene rings is 1. The average molecular weight is 545 g/mol. The second kappa shape index (κ2) is 10.3. The van der Waals surface area contributed by atoms with Crippen LogP contribution in [0, 0.1) is 5.82 Å². The van der Waals surface area contributed by atoms with Gasteiger partial charge in [0.2, 0.25) is 11.7 Å². The smallest absolute Gasteiger partial charge is 0.351 e.